The molecule has 136 valence electrons. The van der Waals surface area contributed by atoms with E-state index < -0.39 is 0 Å². The van der Waals surface area contributed by atoms with Gasteiger partial charge < -0.3 is 0 Å². The van der Waals surface area contributed by atoms with Gasteiger partial charge in [-0.1, -0.05) is 0 Å². The molecule has 0 saturated carbocycles. The van der Waals surface area contributed by atoms with Gasteiger partial charge in [0.25, 0.3) is 0 Å². The molecule has 2 rings (SSSR count). The summed E-state index contributed by atoms with van der Waals surface area (Å²) < 4.78 is 44.5. The van der Waals surface area contributed by atoms with E-state index >= 15 is 0 Å². The summed E-state index contributed by atoms with van der Waals surface area (Å²) in [6.07, 6.45) is 0. The maximum atomic E-state index is 7.50. The molecule has 1 aliphatic heterocycles. The molecule has 0 unspecified atom stereocenters. The van der Waals surface area contributed by atoms with E-state index in [4.69, 9.17) is 28.0 Å². The number of nitrogens with zero attached hydrogens (tertiary/aromatic N) is 1. The van der Waals surface area contributed by atoms with Crippen LogP contribution in [0.15, 0.2) is 30.3 Å². The van der Waals surface area contributed by atoms with Crippen LogP contribution < -0.4 is 0 Å². The van der Waals surface area contributed by atoms with Crippen molar-refractivity contribution >= 4 is 4.50 Å². The summed E-state index contributed by atoms with van der Waals surface area (Å²) in [7, 11) is 0. The topological polar surface area (TPSA) is 112 Å². The van der Waals surface area contributed by atoms with Crippen molar-refractivity contribution in [1.29, 1.82) is 0 Å². The van der Waals surface area contributed by atoms with Gasteiger partial charge >= 0.3 is 162 Å². The van der Waals surface area contributed by atoms with Crippen LogP contribution in [-0.4, -0.2) is 21.7 Å². The number of ether oxygens (including phenoxy) is 1. The van der Waals surface area contributed by atoms with E-state index in [9.17, 15) is 0 Å². The number of hydrogen-bond donors (Lipinski definition) is 0. The molecule has 26 heavy (non-hydrogen) atoms. The molecule has 0 spiro atoms. The van der Waals surface area contributed by atoms with Crippen molar-refractivity contribution in [2.75, 3.05) is 6.61 Å². The Hall–Kier alpha value is -1.76. The predicted octanol–water partition coefficient (Wildman–Crippen LogP) is 2.31. The van der Waals surface area contributed by atoms with Crippen molar-refractivity contribution in [2.24, 2.45) is 0 Å². The first-order valence-corrected chi connectivity index (χ1v) is 7.17. The fraction of sp³-hybridized carbons (Fsp3) is 0.333. The van der Waals surface area contributed by atoms with Crippen LogP contribution in [0, 0.1) is 33.3 Å². The van der Waals surface area contributed by atoms with Gasteiger partial charge in [0.15, 0.2) is 0 Å². The van der Waals surface area contributed by atoms with Crippen LogP contribution >= 0.6 is 0 Å². The molecule has 0 bridgehead atoms. The van der Waals surface area contributed by atoms with Crippen molar-refractivity contribution in [3.63, 3.8) is 0 Å². The van der Waals surface area contributed by atoms with Gasteiger partial charge in [-0.05, 0) is 0 Å². The van der Waals surface area contributed by atoms with E-state index in [0.29, 0.717) is 6.04 Å². The van der Waals surface area contributed by atoms with Crippen LogP contribution in [0.1, 0.15) is 32.4 Å². The van der Waals surface area contributed by atoms with Crippen LogP contribution in [0.2, 0.25) is 0 Å². The molecule has 0 N–H and O–H groups in total. The molecule has 0 aliphatic carbocycles. The van der Waals surface area contributed by atoms with Crippen molar-refractivity contribution in [3.8, 4) is 0 Å². The van der Waals surface area contributed by atoms with Crippen molar-refractivity contribution in [1.82, 2.24) is 4.90 Å². The summed E-state index contributed by atoms with van der Waals surface area (Å²) in [6.45, 7) is 29.6. The summed E-state index contributed by atoms with van der Waals surface area (Å²) >= 11 is 3.10. The molecule has 0 amide bonds. The van der Waals surface area contributed by atoms with Gasteiger partial charge in [0.05, 0.1) is 0 Å². The standard InChI is InChI=1S/C13H17NO.5CO.Cr/c1-4-14-12(10-15-13(14,2)3)11-8-6-5-7-9-11;5*1-2;/h5-9,12H,10H2,1-3H3;;;;;;/t12-;;;;;;/m1....../s1. The normalized spacial score (nSPS) is 15.5. The predicted molar refractivity (Wildman–Crippen MR) is 81.4 cm³/mol. The number of hydrogen-bond acceptors (Lipinski definition) is 2. The zero-order valence-corrected chi connectivity index (χ0v) is 15.8. The molecule has 8 heteroatoms. The third kappa shape index (κ3) is 11.0. The second-order valence-corrected chi connectivity index (χ2v) is 5.50. The monoisotopic (exact) mass is 395 g/mol. The first kappa shape index (κ1) is 32.0. The molecule has 0 radical (unpaired) electrons. The Morgan fingerprint density at radius 1 is 0.962 bits per heavy atom. The van der Waals surface area contributed by atoms with Crippen LogP contribution in [0.4, 0.5) is 0 Å². The first-order chi connectivity index (χ1) is 12.5. The second kappa shape index (κ2) is 21.3. The van der Waals surface area contributed by atoms with Crippen LogP contribution in [-0.2, 0) is 43.8 Å². The number of benzene rings is 1. The summed E-state index contributed by atoms with van der Waals surface area (Å²) in [5, 5.41) is 0. The fourth-order valence-corrected chi connectivity index (χ4v) is 2.86. The van der Waals surface area contributed by atoms with Gasteiger partial charge in [-0.2, -0.15) is 0 Å². The van der Waals surface area contributed by atoms with Crippen molar-refractivity contribution in [3.05, 3.63) is 69.1 Å². The van der Waals surface area contributed by atoms with Gasteiger partial charge in [0, 0.05) is 0 Å². The van der Waals surface area contributed by atoms with E-state index in [2.05, 4.69) is 99.0 Å². The Kier molecular flexibility index (Phi) is 26.2. The van der Waals surface area contributed by atoms with Gasteiger partial charge in [0.2, 0.25) is 0 Å². The minimum absolute atomic E-state index is 0.226. The third-order valence-corrected chi connectivity index (χ3v) is 3.32. The molecular weight excluding hydrogens is 378 g/mol. The Bertz CT molecular complexity index is 554. The summed E-state index contributed by atoms with van der Waals surface area (Å²) in [6, 6.07) is 10.8. The molecular formula is C18H17CrNO6. The van der Waals surface area contributed by atoms with Gasteiger partial charge in [-0.25, -0.2) is 0 Å². The Morgan fingerprint density at radius 3 is 1.69 bits per heavy atom. The Balaban J connectivity index is -0.000000210. The van der Waals surface area contributed by atoms with Crippen molar-refractivity contribution in [2.45, 2.75) is 32.5 Å². The molecule has 1 atom stereocenters. The third-order valence-electron chi connectivity index (χ3n) is 3.01. The maximum absolute atomic E-state index is 7.50. The molecule has 0 aromatic heterocycles. The zero-order valence-electron chi connectivity index (χ0n) is 14.5. The number of rotatable bonds is 2. The molecule has 1 aromatic rings. The quantitative estimate of drug-likeness (QED) is 0.565. The molecule has 1 aliphatic rings. The van der Waals surface area contributed by atoms with E-state index in [1.165, 1.54) is 10.1 Å². The van der Waals surface area contributed by atoms with E-state index in [1.807, 2.05) is 6.07 Å². The van der Waals surface area contributed by atoms with E-state index in [1.54, 1.807) is 0 Å². The van der Waals surface area contributed by atoms with Crippen LogP contribution in [0.25, 0.3) is 0 Å². The van der Waals surface area contributed by atoms with Gasteiger partial charge in [-0.15, -0.1) is 0 Å². The molecule has 1 fully saturated rings. The SMILES string of the molecule is C[C](=[Cr])N1[C@@H](c2ccccc2)COC1(C)C.[C-]#[O+].[C-]#[O+].[C-]#[O+].[C-]#[O+].[C-]#[O+]. The Labute approximate surface area is 161 Å². The summed E-state index contributed by atoms with van der Waals surface area (Å²) in [5.41, 5.74) is 1.08. The van der Waals surface area contributed by atoms with Gasteiger partial charge in [0.1, 0.15) is 0 Å². The van der Waals surface area contributed by atoms with Crippen molar-refractivity contribution < 1.29 is 43.8 Å². The average molecular weight is 395 g/mol. The molecule has 1 saturated heterocycles. The summed E-state index contributed by atoms with van der Waals surface area (Å²) in [4.78, 5) is 2.31. The summed E-state index contributed by atoms with van der Waals surface area (Å²) in [5.74, 6) is 0. The molecule has 1 heterocycles. The zero-order chi connectivity index (χ0) is 21.8. The first-order valence-electron chi connectivity index (χ1n) is 6.53. The van der Waals surface area contributed by atoms with Crippen LogP contribution in [0.5, 0.6) is 0 Å². The second-order valence-electron chi connectivity index (χ2n) is 4.57. The minimum atomic E-state index is -0.226. The fourth-order valence-electron chi connectivity index (χ4n) is 2.32. The molecule has 7 nitrogen and oxygen atoms in total. The van der Waals surface area contributed by atoms with Crippen LogP contribution in [0.3, 0.4) is 0 Å². The average Bonchev–Trinajstić information content (AvgIpc) is 3.05. The van der Waals surface area contributed by atoms with Gasteiger partial charge in [-0.3, -0.25) is 0 Å². The Morgan fingerprint density at radius 2 is 1.35 bits per heavy atom. The van der Waals surface area contributed by atoms with E-state index in [0.717, 1.165) is 6.61 Å². The molecule has 1 aromatic carbocycles. The van der Waals surface area contributed by atoms with E-state index in [-0.39, 0.29) is 5.72 Å².